The maximum atomic E-state index is 13.6. The number of methoxy groups -OCH3 is 1. The topological polar surface area (TPSA) is 47.0 Å². The zero-order chi connectivity index (χ0) is 16.1. The van der Waals surface area contributed by atoms with Crippen LogP contribution in [0.3, 0.4) is 0 Å². The van der Waals surface area contributed by atoms with Crippen molar-refractivity contribution in [3.05, 3.63) is 59.9 Å². The zero-order valence-electron chi connectivity index (χ0n) is 12.3. The third kappa shape index (κ3) is 4.20. The Bertz CT molecular complexity index is 794. The van der Waals surface area contributed by atoms with Crippen molar-refractivity contribution in [2.75, 3.05) is 12.4 Å². The first-order chi connectivity index (χ1) is 11.2. The van der Waals surface area contributed by atoms with Crippen LogP contribution in [0.1, 0.15) is 5.56 Å². The molecular weight excluding hydrogens is 333 g/mol. The summed E-state index contributed by atoms with van der Waals surface area (Å²) in [6, 6.07) is 14.3. The van der Waals surface area contributed by atoms with E-state index in [1.54, 1.807) is 19.2 Å². The van der Waals surface area contributed by atoms with Crippen LogP contribution in [-0.4, -0.2) is 17.3 Å². The Labute approximate surface area is 141 Å². The summed E-state index contributed by atoms with van der Waals surface area (Å²) in [6.07, 6.45) is 0. The van der Waals surface area contributed by atoms with Gasteiger partial charge < -0.3 is 10.1 Å². The van der Waals surface area contributed by atoms with E-state index >= 15 is 0 Å². The lowest BCUT2D eigenvalue weighted by atomic mass is 10.2. The second-order valence-corrected chi connectivity index (χ2v) is 6.81. The number of nitrogens with one attached hydrogen (secondary N) is 1. The molecular formula is C16H14FN3OS2. The van der Waals surface area contributed by atoms with Gasteiger partial charge in [0.15, 0.2) is 4.34 Å². The van der Waals surface area contributed by atoms with E-state index in [1.165, 1.54) is 29.2 Å². The van der Waals surface area contributed by atoms with Crippen LogP contribution in [0, 0.1) is 5.82 Å². The molecule has 0 bridgehead atoms. The molecule has 7 heteroatoms. The highest BCUT2D eigenvalue weighted by atomic mass is 32.2. The molecule has 1 aromatic heterocycles. The highest BCUT2D eigenvalue weighted by Gasteiger charge is 2.08. The number of hydrogen-bond donors (Lipinski definition) is 1. The zero-order valence-corrected chi connectivity index (χ0v) is 14.0. The van der Waals surface area contributed by atoms with E-state index in [0.29, 0.717) is 16.4 Å². The fraction of sp³-hybridized carbons (Fsp3) is 0.125. The van der Waals surface area contributed by atoms with E-state index in [9.17, 15) is 4.39 Å². The van der Waals surface area contributed by atoms with Gasteiger partial charge in [-0.1, -0.05) is 47.4 Å². The molecule has 3 aromatic rings. The number of nitrogens with zero attached hydrogens (tertiary/aromatic N) is 2. The average molecular weight is 347 g/mol. The molecule has 0 amide bonds. The third-order valence-corrected chi connectivity index (χ3v) is 5.06. The average Bonchev–Trinajstić information content (AvgIpc) is 3.02. The molecule has 0 spiro atoms. The molecule has 2 aromatic carbocycles. The van der Waals surface area contributed by atoms with Gasteiger partial charge in [0, 0.05) is 17.5 Å². The quantitative estimate of drug-likeness (QED) is 0.654. The Hall–Kier alpha value is -2.12. The molecule has 118 valence electrons. The fourth-order valence-corrected chi connectivity index (χ4v) is 3.66. The van der Waals surface area contributed by atoms with Gasteiger partial charge in [0.25, 0.3) is 0 Å². The van der Waals surface area contributed by atoms with Crippen LogP contribution >= 0.6 is 23.1 Å². The minimum absolute atomic E-state index is 0.195. The maximum Gasteiger partial charge on any atom is 0.210 e. The molecule has 0 fully saturated rings. The summed E-state index contributed by atoms with van der Waals surface area (Å²) < 4.78 is 19.6. The highest BCUT2D eigenvalue weighted by Crippen LogP contribution is 2.31. The Kier molecular flexibility index (Phi) is 5.09. The lowest BCUT2D eigenvalue weighted by Gasteiger charge is -2.04. The molecule has 3 rings (SSSR count). The summed E-state index contributed by atoms with van der Waals surface area (Å²) in [5, 5.41) is 12.1. The monoisotopic (exact) mass is 347 g/mol. The molecule has 0 saturated carbocycles. The number of ether oxygens (including phenoxy) is 1. The summed E-state index contributed by atoms with van der Waals surface area (Å²) in [4.78, 5) is 0. The van der Waals surface area contributed by atoms with Crippen molar-refractivity contribution in [3.63, 3.8) is 0 Å². The SMILES string of the molecule is COc1cccc(Nc2nnc(SCc3ccccc3F)s2)c1. The minimum atomic E-state index is -0.195. The first-order valence-corrected chi connectivity index (χ1v) is 8.65. The number of hydrogen-bond acceptors (Lipinski definition) is 6. The lowest BCUT2D eigenvalue weighted by molar-refractivity contribution is 0.415. The Balaban J connectivity index is 1.63. The summed E-state index contributed by atoms with van der Waals surface area (Å²) in [5.74, 6) is 1.11. The largest absolute Gasteiger partial charge is 0.497 e. The predicted octanol–water partition coefficient (Wildman–Crippen LogP) is 4.72. The van der Waals surface area contributed by atoms with Crippen LogP contribution in [0.5, 0.6) is 5.75 Å². The summed E-state index contributed by atoms with van der Waals surface area (Å²) in [6.45, 7) is 0. The number of rotatable bonds is 6. The molecule has 0 aliphatic rings. The van der Waals surface area contributed by atoms with Gasteiger partial charge in [-0.15, -0.1) is 10.2 Å². The number of aromatic nitrogens is 2. The Morgan fingerprint density at radius 2 is 2.04 bits per heavy atom. The van der Waals surface area contributed by atoms with Crippen molar-refractivity contribution >= 4 is 33.9 Å². The standard InChI is InChI=1S/C16H14FN3OS2/c1-21-13-7-4-6-12(9-13)18-15-19-20-16(23-15)22-10-11-5-2-3-8-14(11)17/h2-9H,10H2,1H3,(H,18,19). The normalized spacial score (nSPS) is 10.5. The number of halogens is 1. The van der Waals surface area contributed by atoms with Crippen LogP contribution in [0.4, 0.5) is 15.2 Å². The van der Waals surface area contributed by atoms with Crippen molar-refractivity contribution in [2.24, 2.45) is 0 Å². The van der Waals surface area contributed by atoms with Crippen molar-refractivity contribution in [2.45, 2.75) is 10.1 Å². The van der Waals surface area contributed by atoms with Gasteiger partial charge in [-0.3, -0.25) is 0 Å². The predicted molar refractivity (Wildman–Crippen MR) is 92.1 cm³/mol. The number of thioether (sulfide) groups is 1. The van der Waals surface area contributed by atoms with Gasteiger partial charge in [0.2, 0.25) is 5.13 Å². The van der Waals surface area contributed by atoms with E-state index in [4.69, 9.17) is 4.74 Å². The lowest BCUT2D eigenvalue weighted by Crippen LogP contribution is -1.90. The molecule has 0 unspecified atom stereocenters. The fourth-order valence-electron chi connectivity index (χ4n) is 1.90. The van der Waals surface area contributed by atoms with Crippen LogP contribution in [0.15, 0.2) is 52.9 Å². The summed E-state index contributed by atoms with van der Waals surface area (Å²) in [5.41, 5.74) is 1.54. The third-order valence-electron chi connectivity index (χ3n) is 3.04. The van der Waals surface area contributed by atoms with Crippen LogP contribution in [-0.2, 0) is 5.75 Å². The first kappa shape index (κ1) is 15.8. The second kappa shape index (κ2) is 7.43. The second-order valence-electron chi connectivity index (χ2n) is 4.61. The van der Waals surface area contributed by atoms with Crippen molar-refractivity contribution in [1.82, 2.24) is 10.2 Å². The van der Waals surface area contributed by atoms with E-state index < -0.39 is 0 Å². The van der Waals surface area contributed by atoms with Gasteiger partial charge in [0.1, 0.15) is 11.6 Å². The summed E-state index contributed by atoms with van der Waals surface area (Å²) >= 11 is 2.90. The molecule has 23 heavy (non-hydrogen) atoms. The minimum Gasteiger partial charge on any atom is -0.497 e. The van der Waals surface area contributed by atoms with Crippen LogP contribution in [0.2, 0.25) is 0 Å². The van der Waals surface area contributed by atoms with E-state index in [1.807, 2.05) is 30.3 Å². The van der Waals surface area contributed by atoms with E-state index in [2.05, 4.69) is 15.5 Å². The van der Waals surface area contributed by atoms with Crippen LogP contribution < -0.4 is 10.1 Å². The Morgan fingerprint density at radius 3 is 2.87 bits per heavy atom. The first-order valence-electron chi connectivity index (χ1n) is 6.85. The molecule has 1 heterocycles. The number of anilines is 2. The van der Waals surface area contributed by atoms with E-state index in [-0.39, 0.29) is 5.82 Å². The maximum absolute atomic E-state index is 13.6. The molecule has 0 aliphatic heterocycles. The van der Waals surface area contributed by atoms with Gasteiger partial charge in [0.05, 0.1) is 7.11 Å². The Morgan fingerprint density at radius 1 is 1.17 bits per heavy atom. The molecule has 0 atom stereocenters. The molecule has 1 N–H and O–H groups in total. The highest BCUT2D eigenvalue weighted by molar-refractivity contribution is 8.00. The molecule has 0 aliphatic carbocycles. The molecule has 0 radical (unpaired) electrons. The van der Waals surface area contributed by atoms with Gasteiger partial charge >= 0.3 is 0 Å². The van der Waals surface area contributed by atoms with E-state index in [0.717, 1.165) is 15.8 Å². The molecule has 0 saturated heterocycles. The van der Waals surface area contributed by atoms with Gasteiger partial charge in [-0.25, -0.2) is 4.39 Å². The van der Waals surface area contributed by atoms with Gasteiger partial charge in [-0.05, 0) is 23.8 Å². The van der Waals surface area contributed by atoms with Crippen molar-refractivity contribution in [1.29, 1.82) is 0 Å². The summed E-state index contributed by atoms with van der Waals surface area (Å²) in [7, 11) is 1.63. The van der Waals surface area contributed by atoms with Crippen molar-refractivity contribution < 1.29 is 9.13 Å². The number of benzene rings is 2. The van der Waals surface area contributed by atoms with Crippen LogP contribution in [0.25, 0.3) is 0 Å². The van der Waals surface area contributed by atoms with Crippen molar-refractivity contribution in [3.8, 4) is 5.75 Å². The smallest absolute Gasteiger partial charge is 0.210 e. The molecule has 4 nitrogen and oxygen atoms in total. The van der Waals surface area contributed by atoms with Gasteiger partial charge in [-0.2, -0.15) is 0 Å².